The number of aryl methyl sites for hydroxylation is 1. The topological polar surface area (TPSA) is 15.6 Å². The van der Waals surface area contributed by atoms with Crippen LogP contribution in [0.3, 0.4) is 0 Å². The van der Waals surface area contributed by atoms with Gasteiger partial charge < -0.3 is 4.90 Å². The second kappa shape index (κ2) is 6.28. The zero-order valence-corrected chi connectivity index (χ0v) is 12.3. The summed E-state index contributed by atoms with van der Waals surface area (Å²) in [4.78, 5) is 7.03. The van der Waals surface area contributed by atoms with Gasteiger partial charge in [0.2, 0.25) is 0 Å². The Hall–Kier alpha value is -0.960. The molecule has 0 aromatic heterocycles. The quantitative estimate of drug-likeness (QED) is 0.827. The molecule has 1 aromatic carbocycles. The van der Waals surface area contributed by atoms with Crippen LogP contribution in [0.1, 0.15) is 25.0 Å². The van der Waals surface area contributed by atoms with Crippen molar-refractivity contribution in [3.05, 3.63) is 35.4 Å². The fourth-order valence-corrected chi connectivity index (χ4v) is 3.56. The van der Waals surface area contributed by atoms with Crippen LogP contribution in [-0.4, -0.2) is 35.0 Å². The second-order valence-electron chi connectivity index (χ2n) is 4.73. The van der Waals surface area contributed by atoms with Crippen molar-refractivity contribution < 1.29 is 0 Å². The van der Waals surface area contributed by atoms with Crippen LogP contribution in [-0.2, 0) is 6.42 Å². The van der Waals surface area contributed by atoms with Crippen LogP contribution in [0.2, 0.25) is 0 Å². The van der Waals surface area contributed by atoms with Crippen molar-refractivity contribution in [2.75, 3.05) is 19.6 Å². The van der Waals surface area contributed by atoms with Crippen molar-refractivity contribution in [3.8, 4) is 0 Å². The van der Waals surface area contributed by atoms with Crippen LogP contribution in [0.25, 0.3) is 0 Å². The van der Waals surface area contributed by atoms with Gasteiger partial charge in [0.15, 0.2) is 5.17 Å². The highest BCUT2D eigenvalue weighted by molar-refractivity contribution is 8.14. The van der Waals surface area contributed by atoms with E-state index in [1.165, 1.54) is 16.3 Å². The van der Waals surface area contributed by atoms with Gasteiger partial charge in [0.1, 0.15) is 0 Å². The maximum Gasteiger partial charge on any atom is 0.159 e. The van der Waals surface area contributed by atoms with Crippen molar-refractivity contribution in [1.29, 1.82) is 0 Å². The number of hydrogen-bond acceptors (Lipinski definition) is 3. The van der Waals surface area contributed by atoms with Crippen LogP contribution in [0, 0.1) is 6.92 Å². The first kappa shape index (κ1) is 13.5. The number of hydrogen-bond donors (Lipinski definition) is 0. The van der Waals surface area contributed by atoms with Gasteiger partial charge in [-0.1, -0.05) is 41.6 Å². The van der Waals surface area contributed by atoms with E-state index in [0.29, 0.717) is 5.25 Å². The Morgan fingerprint density at radius 1 is 1.33 bits per heavy atom. The van der Waals surface area contributed by atoms with Gasteiger partial charge in [-0.15, -0.1) is 0 Å². The third kappa shape index (κ3) is 3.29. The van der Waals surface area contributed by atoms with E-state index in [9.17, 15) is 0 Å². The Morgan fingerprint density at radius 3 is 2.78 bits per heavy atom. The third-order valence-corrected chi connectivity index (χ3v) is 4.53. The molecule has 1 heterocycles. The van der Waals surface area contributed by atoms with Crippen LogP contribution in [0.4, 0.5) is 0 Å². The monoisotopic (exact) mass is 262 g/mol. The lowest BCUT2D eigenvalue weighted by Crippen LogP contribution is -2.27. The molecule has 1 unspecified atom stereocenters. The largest absolute Gasteiger partial charge is 0.352 e. The van der Waals surface area contributed by atoms with E-state index >= 15 is 0 Å². The van der Waals surface area contributed by atoms with E-state index in [4.69, 9.17) is 0 Å². The van der Waals surface area contributed by atoms with Gasteiger partial charge >= 0.3 is 0 Å². The smallest absolute Gasteiger partial charge is 0.159 e. The van der Waals surface area contributed by atoms with Crippen molar-refractivity contribution >= 4 is 16.9 Å². The second-order valence-corrected chi connectivity index (χ2v) is 6.00. The zero-order chi connectivity index (χ0) is 13.0. The van der Waals surface area contributed by atoms with E-state index in [2.05, 4.69) is 54.9 Å². The highest BCUT2D eigenvalue weighted by atomic mass is 32.2. The fourth-order valence-electron chi connectivity index (χ4n) is 2.28. The molecule has 98 valence electrons. The minimum absolute atomic E-state index is 0.613. The lowest BCUT2D eigenvalue weighted by Gasteiger charge is -2.20. The fraction of sp³-hybridized carbons (Fsp3) is 0.533. The maximum absolute atomic E-state index is 4.68. The Balaban J connectivity index is 1.92. The lowest BCUT2D eigenvalue weighted by atomic mass is 10.1. The molecule has 2 rings (SSSR count). The number of aliphatic imine (C=N–C) groups is 1. The molecule has 0 amide bonds. The summed E-state index contributed by atoms with van der Waals surface area (Å²) >= 11 is 1.94. The molecule has 2 nitrogen and oxygen atoms in total. The standard InChI is InChI=1S/C15H22N2S/c1-4-17(5-2)15-16-11-14(18-15)10-13-8-6-7-12(3)9-13/h6-9,14H,4-5,10-11H2,1-3H3. The highest BCUT2D eigenvalue weighted by Gasteiger charge is 2.22. The lowest BCUT2D eigenvalue weighted by molar-refractivity contribution is 0.474. The summed E-state index contributed by atoms with van der Waals surface area (Å²) in [5, 5.41) is 1.85. The van der Waals surface area contributed by atoms with Gasteiger partial charge in [-0.2, -0.15) is 0 Å². The molecule has 1 aliphatic heterocycles. The van der Waals surface area contributed by atoms with E-state index in [-0.39, 0.29) is 0 Å². The molecule has 1 atom stereocenters. The van der Waals surface area contributed by atoms with Crippen molar-refractivity contribution in [2.45, 2.75) is 32.4 Å². The Labute approximate surface area is 114 Å². The molecule has 0 bridgehead atoms. The first-order chi connectivity index (χ1) is 8.72. The van der Waals surface area contributed by atoms with Crippen LogP contribution in [0.5, 0.6) is 0 Å². The summed E-state index contributed by atoms with van der Waals surface area (Å²) in [6.07, 6.45) is 1.13. The summed E-state index contributed by atoms with van der Waals surface area (Å²) < 4.78 is 0. The molecule has 0 saturated heterocycles. The van der Waals surface area contributed by atoms with Crippen LogP contribution < -0.4 is 0 Å². The number of nitrogens with zero attached hydrogens (tertiary/aromatic N) is 2. The highest BCUT2D eigenvalue weighted by Crippen LogP contribution is 2.26. The number of amidine groups is 1. The van der Waals surface area contributed by atoms with Gasteiger partial charge in [-0.25, -0.2) is 0 Å². The summed E-state index contributed by atoms with van der Waals surface area (Å²) in [6.45, 7) is 9.62. The van der Waals surface area contributed by atoms with Crippen LogP contribution >= 0.6 is 11.8 Å². The molecule has 0 saturated carbocycles. The normalized spacial score (nSPS) is 18.8. The summed E-state index contributed by atoms with van der Waals surface area (Å²) in [7, 11) is 0. The van der Waals surface area contributed by atoms with Gasteiger partial charge in [0.05, 0.1) is 6.54 Å². The summed E-state index contributed by atoms with van der Waals surface area (Å²) in [6, 6.07) is 8.82. The Morgan fingerprint density at radius 2 is 2.11 bits per heavy atom. The molecular weight excluding hydrogens is 240 g/mol. The number of rotatable bonds is 4. The molecule has 0 radical (unpaired) electrons. The van der Waals surface area contributed by atoms with Gasteiger partial charge in [-0.3, -0.25) is 4.99 Å². The first-order valence-electron chi connectivity index (χ1n) is 6.74. The minimum Gasteiger partial charge on any atom is -0.352 e. The van der Waals surface area contributed by atoms with E-state index < -0.39 is 0 Å². The van der Waals surface area contributed by atoms with E-state index in [1.807, 2.05) is 11.8 Å². The Bertz CT molecular complexity index is 424. The van der Waals surface area contributed by atoms with Gasteiger partial charge in [0.25, 0.3) is 0 Å². The predicted octanol–water partition coefficient (Wildman–Crippen LogP) is 3.35. The summed E-state index contributed by atoms with van der Waals surface area (Å²) in [5.41, 5.74) is 2.78. The minimum atomic E-state index is 0.613. The molecule has 3 heteroatoms. The molecule has 1 aromatic rings. The zero-order valence-electron chi connectivity index (χ0n) is 11.5. The van der Waals surface area contributed by atoms with Crippen molar-refractivity contribution in [2.24, 2.45) is 4.99 Å². The average Bonchev–Trinajstić information content (AvgIpc) is 2.79. The maximum atomic E-state index is 4.68. The molecule has 1 aliphatic rings. The molecule has 0 fully saturated rings. The van der Waals surface area contributed by atoms with Gasteiger partial charge in [0, 0.05) is 18.3 Å². The molecule has 0 aliphatic carbocycles. The average molecular weight is 262 g/mol. The van der Waals surface area contributed by atoms with E-state index in [1.54, 1.807) is 0 Å². The molecular formula is C15H22N2S. The van der Waals surface area contributed by atoms with Crippen molar-refractivity contribution in [1.82, 2.24) is 4.90 Å². The Kier molecular flexibility index (Phi) is 4.70. The number of benzene rings is 1. The van der Waals surface area contributed by atoms with E-state index in [0.717, 1.165) is 26.1 Å². The number of thioether (sulfide) groups is 1. The predicted molar refractivity (Wildman–Crippen MR) is 81.5 cm³/mol. The van der Waals surface area contributed by atoms with Crippen LogP contribution in [0.15, 0.2) is 29.3 Å². The van der Waals surface area contributed by atoms with Crippen molar-refractivity contribution in [3.63, 3.8) is 0 Å². The van der Waals surface area contributed by atoms with Gasteiger partial charge in [-0.05, 0) is 32.8 Å². The third-order valence-electron chi connectivity index (χ3n) is 3.28. The first-order valence-corrected chi connectivity index (χ1v) is 7.62. The molecule has 0 N–H and O–H groups in total. The molecule has 0 spiro atoms. The molecule has 18 heavy (non-hydrogen) atoms. The summed E-state index contributed by atoms with van der Waals surface area (Å²) in [5.74, 6) is 0. The SMILES string of the molecule is CCN(CC)C1=NCC(Cc2cccc(C)c2)S1.